The number of aryl methyl sites for hydroxylation is 1. The average molecular weight is 435 g/mol. The van der Waals surface area contributed by atoms with E-state index in [0.717, 1.165) is 0 Å². The molecule has 0 aliphatic heterocycles. The van der Waals surface area contributed by atoms with Gasteiger partial charge in [-0.25, -0.2) is 0 Å². The maximum Gasteiger partial charge on any atom is 0 e. The van der Waals surface area contributed by atoms with E-state index in [2.05, 4.69) is 58.0 Å². The van der Waals surface area contributed by atoms with Gasteiger partial charge in [0.2, 0.25) is 0 Å². The first-order valence-electron chi connectivity index (χ1n) is 5.15. The van der Waals surface area contributed by atoms with Gasteiger partial charge in [0.1, 0.15) is 0 Å². The normalized spacial score (nSPS) is 10.1. The SMILES string of the molecule is Cc1cc2c(C(C)(C)C)cccc2[cH-]1.[Cl-].[Cl-].[Hf]. The molecule has 94 valence electrons. The summed E-state index contributed by atoms with van der Waals surface area (Å²) in [7, 11) is 0. The van der Waals surface area contributed by atoms with Crippen molar-refractivity contribution >= 4 is 10.8 Å². The van der Waals surface area contributed by atoms with Gasteiger partial charge in [-0.2, -0.15) is 6.07 Å². The van der Waals surface area contributed by atoms with E-state index in [9.17, 15) is 0 Å². The number of halogens is 2. The summed E-state index contributed by atoms with van der Waals surface area (Å²) in [6.45, 7) is 8.96. The third-order valence-corrected chi connectivity index (χ3v) is 2.70. The van der Waals surface area contributed by atoms with Gasteiger partial charge in [0, 0.05) is 25.8 Å². The fourth-order valence-corrected chi connectivity index (χ4v) is 2.04. The van der Waals surface area contributed by atoms with Crippen molar-refractivity contribution in [3.8, 4) is 0 Å². The van der Waals surface area contributed by atoms with Gasteiger partial charge in [-0.05, 0) is 5.41 Å². The summed E-state index contributed by atoms with van der Waals surface area (Å²) in [4.78, 5) is 0. The summed E-state index contributed by atoms with van der Waals surface area (Å²) in [5.74, 6) is 0. The summed E-state index contributed by atoms with van der Waals surface area (Å²) >= 11 is 0. The number of hydrogen-bond acceptors (Lipinski definition) is 0. The van der Waals surface area contributed by atoms with E-state index < -0.39 is 0 Å². The molecule has 0 aliphatic carbocycles. The maximum atomic E-state index is 2.29. The van der Waals surface area contributed by atoms with Crippen LogP contribution in [-0.4, -0.2) is 0 Å². The second kappa shape index (κ2) is 7.01. The van der Waals surface area contributed by atoms with E-state index >= 15 is 0 Å². The molecule has 2 aromatic rings. The predicted molar refractivity (Wildman–Crippen MR) is 63.0 cm³/mol. The molecule has 0 saturated carbocycles. The van der Waals surface area contributed by atoms with Crippen LogP contribution >= 0.6 is 0 Å². The summed E-state index contributed by atoms with van der Waals surface area (Å²) in [6, 6.07) is 11.1. The molecule has 0 spiro atoms. The van der Waals surface area contributed by atoms with Crippen molar-refractivity contribution < 1.29 is 50.7 Å². The minimum Gasteiger partial charge on any atom is -1.00 e. The third kappa shape index (κ3) is 4.15. The van der Waals surface area contributed by atoms with Crippen LogP contribution in [0, 0.1) is 6.92 Å². The van der Waals surface area contributed by atoms with E-state index in [-0.39, 0.29) is 56.1 Å². The van der Waals surface area contributed by atoms with Crippen molar-refractivity contribution in [2.24, 2.45) is 0 Å². The van der Waals surface area contributed by atoms with Gasteiger partial charge in [-0.3, -0.25) is 0 Å². The largest absolute Gasteiger partial charge is 1.00 e. The van der Waals surface area contributed by atoms with Crippen LogP contribution in [0.5, 0.6) is 0 Å². The summed E-state index contributed by atoms with van der Waals surface area (Å²) in [5, 5.41) is 2.78. The zero-order chi connectivity index (χ0) is 10.3. The Labute approximate surface area is 135 Å². The van der Waals surface area contributed by atoms with Crippen LogP contribution in [0.1, 0.15) is 31.9 Å². The summed E-state index contributed by atoms with van der Waals surface area (Å²) < 4.78 is 0. The molecule has 0 atom stereocenters. The topological polar surface area (TPSA) is 0 Å². The summed E-state index contributed by atoms with van der Waals surface area (Å²) in [5.41, 5.74) is 3.04. The zero-order valence-corrected chi connectivity index (χ0v) is 15.7. The molecule has 0 nitrogen and oxygen atoms in total. The second-order valence-corrected chi connectivity index (χ2v) is 5.09. The molecule has 0 unspecified atom stereocenters. The number of rotatable bonds is 0. The molecule has 17 heavy (non-hydrogen) atoms. The fourth-order valence-electron chi connectivity index (χ4n) is 2.04. The first-order chi connectivity index (χ1) is 6.48. The standard InChI is InChI=1S/C14H17.2ClH.Hf/c1-10-8-11-6-5-7-13(12(11)9-10)14(2,3)4;;;/h5-9H,1-4H3;2*1H;/q-1;;;/p-2. The number of fused-ring (bicyclic) bond motifs is 1. The molecule has 3 heteroatoms. The number of benzene rings is 1. The van der Waals surface area contributed by atoms with Crippen molar-refractivity contribution in [3.63, 3.8) is 0 Å². The first kappa shape index (κ1) is 19.6. The Morgan fingerprint density at radius 2 is 1.65 bits per heavy atom. The summed E-state index contributed by atoms with van der Waals surface area (Å²) in [6.07, 6.45) is 0. The van der Waals surface area contributed by atoms with Gasteiger partial charge in [-0.1, -0.05) is 39.3 Å². The van der Waals surface area contributed by atoms with E-state index in [0.29, 0.717) is 0 Å². The Morgan fingerprint density at radius 3 is 2.18 bits per heavy atom. The molecule has 2 aromatic carbocycles. The fraction of sp³-hybridized carbons (Fsp3) is 0.357. The molecule has 0 fully saturated rings. The molecule has 0 saturated heterocycles. The molecule has 0 radical (unpaired) electrons. The molecule has 0 bridgehead atoms. The van der Waals surface area contributed by atoms with Crippen LogP contribution in [0.2, 0.25) is 0 Å². The van der Waals surface area contributed by atoms with E-state index in [1.807, 2.05) is 0 Å². The Morgan fingerprint density at radius 1 is 1.06 bits per heavy atom. The van der Waals surface area contributed by atoms with Crippen molar-refractivity contribution in [1.82, 2.24) is 0 Å². The maximum absolute atomic E-state index is 2.29. The molecule has 0 N–H and O–H groups in total. The van der Waals surface area contributed by atoms with Crippen LogP contribution in [0.3, 0.4) is 0 Å². The van der Waals surface area contributed by atoms with Crippen molar-refractivity contribution in [1.29, 1.82) is 0 Å². The molecular formula is C14H17Cl2Hf-3. The van der Waals surface area contributed by atoms with Gasteiger partial charge in [0.25, 0.3) is 0 Å². The van der Waals surface area contributed by atoms with Crippen LogP contribution < -0.4 is 24.8 Å². The van der Waals surface area contributed by atoms with Gasteiger partial charge < -0.3 is 24.8 Å². The Balaban J connectivity index is 0. The van der Waals surface area contributed by atoms with E-state index in [4.69, 9.17) is 0 Å². The van der Waals surface area contributed by atoms with Crippen LogP contribution in [0.15, 0.2) is 30.3 Å². The predicted octanol–water partition coefficient (Wildman–Crippen LogP) is -1.83. The molecule has 0 aliphatic rings. The van der Waals surface area contributed by atoms with Crippen LogP contribution in [-0.2, 0) is 31.3 Å². The Hall–Kier alpha value is 0.280. The van der Waals surface area contributed by atoms with Crippen molar-refractivity contribution in [2.75, 3.05) is 0 Å². The Kier molecular flexibility index (Phi) is 8.09. The molecule has 0 amide bonds. The minimum absolute atomic E-state index is 0. The van der Waals surface area contributed by atoms with E-state index in [1.54, 1.807) is 0 Å². The molecule has 0 aromatic heterocycles. The van der Waals surface area contributed by atoms with Crippen LogP contribution in [0.4, 0.5) is 0 Å². The van der Waals surface area contributed by atoms with Gasteiger partial charge in [0.15, 0.2) is 0 Å². The molecule has 2 rings (SSSR count). The zero-order valence-electron chi connectivity index (χ0n) is 10.6. The van der Waals surface area contributed by atoms with Gasteiger partial charge >= 0.3 is 0 Å². The minimum atomic E-state index is 0. The average Bonchev–Trinajstić information content (AvgIpc) is 2.41. The number of hydrogen-bond donors (Lipinski definition) is 0. The van der Waals surface area contributed by atoms with Crippen LogP contribution in [0.25, 0.3) is 10.8 Å². The van der Waals surface area contributed by atoms with Crippen molar-refractivity contribution in [3.05, 3.63) is 41.5 Å². The van der Waals surface area contributed by atoms with Crippen molar-refractivity contribution in [2.45, 2.75) is 33.1 Å². The third-order valence-electron chi connectivity index (χ3n) is 2.70. The quantitative estimate of drug-likeness (QED) is 0.338. The van der Waals surface area contributed by atoms with Gasteiger partial charge in [0.05, 0.1) is 0 Å². The Bertz CT molecular complexity index is 467. The first-order valence-corrected chi connectivity index (χ1v) is 5.15. The van der Waals surface area contributed by atoms with Gasteiger partial charge in [-0.15, -0.1) is 34.5 Å². The second-order valence-electron chi connectivity index (χ2n) is 5.09. The molecular weight excluding hydrogens is 418 g/mol. The van der Waals surface area contributed by atoms with E-state index in [1.165, 1.54) is 21.9 Å². The smallest absolute Gasteiger partial charge is 0 e. The molecule has 0 heterocycles. The monoisotopic (exact) mass is 435 g/mol.